The summed E-state index contributed by atoms with van der Waals surface area (Å²) in [6, 6.07) is 22.4. The number of pyridine rings is 1. The summed E-state index contributed by atoms with van der Waals surface area (Å²) in [5.74, 6) is 0.877. The van der Waals surface area contributed by atoms with Crippen molar-refractivity contribution in [3.05, 3.63) is 84.1 Å². The predicted molar refractivity (Wildman–Crippen MR) is 131 cm³/mol. The Balaban J connectivity index is 1.40. The quantitative estimate of drug-likeness (QED) is 0.348. The lowest BCUT2D eigenvalue weighted by Crippen LogP contribution is -2.17. The number of nitrogens with one attached hydrogen (secondary N) is 1. The molecule has 0 bridgehead atoms. The van der Waals surface area contributed by atoms with Gasteiger partial charge in [-0.05, 0) is 71.3 Å². The number of thiophene rings is 1. The summed E-state index contributed by atoms with van der Waals surface area (Å²) in [7, 11) is 3.51. The van der Waals surface area contributed by atoms with E-state index in [4.69, 9.17) is 4.74 Å². The van der Waals surface area contributed by atoms with E-state index >= 15 is 0 Å². The SMILES string of the molecule is COc1ccc(-c2ccc(-c3ccc4c(c3)CN(C)C4=O)s2)cc1NSc1ccccn1. The van der Waals surface area contributed by atoms with Gasteiger partial charge < -0.3 is 14.4 Å². The Morgan fingerprint density at radius 3 is 2.56 bits per heavy atom. The van der Waals surface area contributed by atoms with Crippen molar-refractivity contribution in [1.82, 2.24) is 9.88 Å². The molecule has 1 aliphatic rings. The Labute approximate surface area is 195 Å². The first-order valence-electron chi connectivity index (χ1n) is 10.1. The average Bonchev–Trinajstić information content (AvgIpc) is 3.43. The molecule has 5 nitrogen and oxygen atoms in total. The molecule has 4 aromatic rings. The van der Waals surface area contributed by atoms with Crippen LogP contribution in [0.25, 0.3) is 20.9 Å². The fourth-order valence-electron chi connectivity index (χ4n) is 3.72. The van der Waals surface area contributed by atoms with Crippen molar-refractivity contribution in [2.75, 3.05) is 18.9 Å². The van der Waals surface area contributed by atoms with Crippen LogP contribution in [0.1, 0.15) is 15.9 Å². The number of amides is 1. The third-order valence-electron chi connectivity index (χ3n) is 5.37. The highest BCUT2D eigenvalue weighted by molar-refractivity contribution is 8.00. The Morgan fingerprint density at radius 2 is 1.81 bits per heavy atom. The van der Waals surface area contributed by atoms with E-state index < -0.39 is 0 Å². The van der Waals surface area contributed by atoms with Crippen LogP contribution in [0.4, 0.5) is 5.69 Å². The van der Waals surface area contributed by atoms with Crippen molar-refractivity contribution < 1.29 is 9.53 Å². The van der Waals surface area contributed by atoms with Crippen LogP contribution < -0.4 is 9.46 Å². The van der Waals surface area contributed by atoms with E-state index in [9.17, 15) is 4.79 Å². The molecule has 2 aromatic carbocycles. The molecule has 5 rings (SSSR count). The van der Waals surface area contributed by atoms with Gasteiger partial charge in [-0.2, -0.15) is 0 Å². The Bertz CT molecular complexity index is 1290. The minimum atomic E-state index is 0.0975. The van der Waals surface area contributed by atoms with Gasteiger partial charge in [0.15, 0.2) is 0 Å². The zero-order valence-electron chi connectivity index (χ0n) is 17.7. The topological polar surface area (TPSA) is 54.5 Å². The van der Waals surface area contributed by atoms with Crippen LogP contribution in [0.15, 0.2) is 78.0 Å². The second kappa shape index (κ2) is 8.68. The first-order valence-corrected chi connectivity index (χ1v) is 11.8. The molecule has 0 unspecified atom stereocenters. The summed E-state index contributed by atoms with van der Waals surface area (Å²) in [5, 5.41) is 0.888. The summed E-state index contributed by atoms with van der Waals surface area (Å²) >= 11 is 3.19. The smallest absolute Gasteiger partial charge is 0.254 e. The number of hydrogen-bond acceptors (Lipinski definition) is 6. The number of rotatable bonds is 6. The number of ether oxygens (including phenoxy) is 1. The maximum Gasteiger partial charge on any atom is 0.254 e. The Morgan fingerprint density at radius 1 is 1.03 bits per heavy atom. The summed E-state index contributed by atoms with van der Waals surface area (Å²) in [5.41, 5.74) is 5.05. The van der Waals surface area contributed by atoms with E-state index in [1.807, 2.05) is 43.4 Å². The maximum absolute atomic E-state index is 12.2. The van der Waals surface area contributed by atoms with Gasteiger partial charge in [0.1, 0.15) is 10.8 Å². The van der Waals surface area contributed by atoms with Crippen molar-refractivity contribution in [2.45, 2.75) is 11.6 Å². The fraction of sp³-hybridized carbons (Fsp3) is 0.120. The van der Waals surface area contributed by atoms with Gasteiger partial charge in [0, 0.05) is 47.1 Å². The van der Waals surface area contributed by atoms with Gasteiger partial charge in [-0.3, -0.25) is 4.79 Å². The molecule has 3 heterocycles. The van der Waals surface area contributed by atoms with Crippen molar-refractivity contribution in [1.29, 1.82) is 0 Å². The molecule has 2 aromatic heterocycles. The minimum Gasteiger partial charge on any atom is -0.495 e. The number of carbonyl (C=O) groups excluding carboxylic acids is 1. The molecule has 160 valence electrons. The van der Waals surface area contributed by atoms with E-state index in [1.165, 1.54) is 21.7 Å². The monoisotopic (exact) mass is 459 g/mol. The van der Waals surface area contributed by atoms with Gasteiger partial charge in [-0.15, -0.1) is 11.3 Å². The summed E-state index contributed by atoms with van der Waals surface area (Å²) < 4.78 is 8.90. The first kappa shape index (κ1) is 20.6. The third kappa shape index (κ3) is 3.97. The third-order valence-corrected chi connectivity index (χ3v) is 7.32. The summed E-state index contributed by atoms with van der Waals surface area (Å²) in [6.45, 7) is 0.668. The molecule has 7 heteroatoms. The van der Waals surface area contributed by atoms with Crippen LogP contribution in [-0.2, 0) is 6.54 Å². The van der Waals surface area contributed by atoms with Crippen LogP contribution >= 0.6 is 23.3 Å². The van der Waals surface area contributed by atoms with Crippen molar-refractivity contribution >= 4 is 34.9 Å². The Kier molecular flexibility index (Phi) is 5.59. The molecule has 0 spiro atoms. The number of hydrogen-bond donors (Lipinski definition) is 1. The number of anilines is 1. The Hall–Kier alpha value is -3.29. The second-order valence-electron chi connectivity index (χ2n) is 7.48. The molecule has 32 heavy (non-hydrogen) atoms. The number of benzene rings is 2. The van der Waals surface area contributed by atoms with Crippen molar-refractivity contribution in [2.24, 2.45) is 0 Å². The van der Waals surface area contributed by atoms with E-state index in [0.717, 1.165) is 38.7 Å². The largest absolute Gasteiger partial charge is 0.495 e. The van der Waals surface area contributed by atoms with Gasteiger partial charge >= 0.3 is 0 Å². The first-order chi connectivity index (χ1) is 15.6. The van der Waals surface area contributed by atoms with Gasteiger partial charge in [0.2, 0.25) is 0 Å². The number of nitrogens with zero attached hydrogens (tertiary/aromatic N) is 2. The van der Waals surface area contributed by atoms with Crippen LogP contribution in [-0.4, -0.2) is 29.9 Å². The molecular formula is C25H21N3O2S2. The summed E-state index contributed by atoms with van der Waals surface area (Å²) in [6.07, 6.45) is 1.78. The van der Waals surface area contributed by atoms with Crippen LogP contribution in [0.3, 0.4) is 0 Å². The fourth-order valence-corrected chi connectivity index (χ4v) is 5.36. The van der Waals surface area contributed by atoms with Crippen LogP contribution in [0.5, 0.6) is 5.75 Å². The second-order valence-corrected chi connectivity index (χ2v) is 9.39. The molecule has 0 aliphatic carbocycles. The van der Waals surface area contributed by atoms with Crippen molar-refractivity contribution in [3.63, 3.8) is 0 Å². The van der Waals surface area contributed by atoms with Gasteiger partial charge in [0.25, 0.3) is 5.91 Å². The van der Waals surface area contributed by atoms with Crippen molar-refractivity contribution in [3.8, 4) is 26.6 Å². The molecule has 0 radical (unpaired) electrons. The zero-order valence-corrected chi connectivity index (χ0v) is 19.3. The van der Waals surface area contributed by atoms with E-state index in [2.05, 4.69) is 40.0 Å². The molecule has 0 atom stereocenters. The number of methoxy groups -OCH3 is 1. The molecule has 0 saturated carbocycles. The molecule has 0 saturated heterocycles. The normalized spacial score (nSPS) is 12.7. The van der Waals surface area contributed by atoms with E-state index in [1.54, 1.807) is 29.5 Å². The lowest BCUT2D eigenvalue weighted by molar-refractivity contribution is 0.0816. The lowest BCUT2D eigenvalue weighted by Gasteiger charge is -2.11. The molecule has 1 amide bonds. The van der Waals surface area contributed by atoms with E-state index in [0.29, 0.717) is 6.54 Å². The number of carbonyl (C=O) groups is 1. The zero-order chi connectivity index (χ0) is 22.1. The van der Waals surface area contributed by atoms with Crippen LogP contribution in [0.2, 0.25) is 0 Å². The molecular weight excluding hydrogens is 438 g/mol. The highest BCUT2D eigenvalue weighted by Crippen LogP contribution is 2.39. The lowest BCUT2D eigenvalue weighted by atomic mass is 10.1. The standard InChI is InChI=1S/C25H21N3O2S2/c1-28-15-18-13-16(6-8-19(18)25(28)29)22-10-11-23(31-22)17-7-9-21(30-2)20(14-17)27-32-24-5-3-4-12-26-24/h3-14,27H,15H2,1-2H3. The molecule has 0 fully saturated rings. The number of fused-ring (bicyclic) bond motifs is 1. The van der Waals surface area contributed by atoms with E-state index in [-0.39, 0.29) is 5.91 Å². The average molecular weight is 460 g/mol. The maximum atomic E-state index is 12.2. The van der Waals surface area contributed by atoms with Crippen LogP contribution in [0, 0.1) is 0 Å². The highest BCUT2D eigenvalue weighted by atomic mass is 32.2. The summed E-state index contributed by atoms with van der Waals surface area (Å²) in [4.78, 5) is 20.6. The van der Waals surface area contributed by atoms with Gasteiger partial charge in [0.05, 0.1) is 12.8 Å². The molecule has 1 aliphatic heterocycles. The number of aromatic nitrogens is 1. The molecule has 1 N–H and O–H groups in total. The predicted octanol–water partition coefficient (Wildman–Crippen LogP) is 6.19. The van der Waals surface area contributed by atoms with Gasteiger partial charge in [-0.25, -0.2) is 4.98 Å². The van der Waals surface area contributed by atoms with Gasteiger partial charge in [-0.1, -0.05) is 12.1 Å². The highest BCUT2D eigenvalue weighted by Gasteiger charge is 2.24. The minimum absolute atomic E-state index is 0.0975.